The smallest absolute Gasteiger partial charge is 0.142 e. The Morgan fingerprint density at radius 3 is 3.25 bits per heavy atom. The summed E-state index contributed by atoms with van der Waals surface area (Å²) >= 11 is 0. The van der Waals surface area contributed by atoms with Gasteiger partial charge in [-0.25, -0.2) is 9.97 Å². The minimum absolute atomic E-state index is 0.365. The van der Waals surface area contributed by atoms with Crippen molar-refractivity contribution in [3.05, 3.63) is 18.6 Å². The fourth-order valence-corrected chi connectivity index (χ4v) is 3.94. The highest BCUT2D eigenvalue weighted by Crippen LogP contribution is 2.40. The first-order valence-electron chi connectivity index (χ1n) is 7.50. The first kappa shape index (κ1) is 12.1. The summed E-state index contributed by atoms with van der Waals surface area (Å²) in [4.78, 5) is 14.5. The van der Waals surface area contributed by atoms with E-state index in [0.717, 1.165) is 42.4 Å². The second kappa shape index (κ2) is 4.45. The van der Waals surface area contributed by atoms with Crippen molar-refractivity contribution >= 4 is 16.9 Å². The molecular weight excluding hydrogens is 250 g/mol. The maximum Gasteiger partial charge on any atom is 0.142 e. The lowest BCUT2D eigenvalue weighted by atomic mass is 9.69. The predicted octanol–water partition coefficient (Wildman–Crippen LogP) is 1.78. The van der Waals surface area contributed by atoms with Crippen LogP contribution in [0, 0.1) is 11.3 Å². The van der Waals surface area contributed by atoms with E-state index in [9.17, 15) is 0 Å². The van der Waals surface area contributed by atoms with Crippen molar-refractivity contribution in [3.8, 4) is 0 Å². The quantitative estimate of drug-likeness (QED) is 0.830. The summed E-state index contributed by atoms with van der Waals surface area (Å²) in [6.07, 6.45) is 6.20. The molecule has 5 heteroatoms. The summed E-state index contributed by atoms with van der Waals surface area (Å²) in [6.45, 7) is 6.91. The highest BCUT2D eigenvalue weighted by Gasteiger charge is 2.41. The van der Waals surface area contributed by atoms with Crippen LogP contribution >= 0.6 is 0 Å². The normalized spacial score (nSPS) is 30.4. The number of hydrogen-bond acceptors (Lipinski definition) is 4. The topological polar surface area (TPSA) is 56.8 Å². The van der Waals surface area contributed by atoms with Crippen molar-refractivity contribution in [2.24, 2.45) is 11.3 Å². The molecule has 0 saturated carbocycles. The molecule has 0 radical (unpaired) electrons. The average molecular weight is 271 g/mol. The molecule has 0 spiro atoms. The first-order valence-corrected chi connectivity index (χ1v) is 7.50. The standard InChI is InChI=1S/C15H21N5/c1-15-8-16-5-2-11(15)4-7-20(9-15)14-12-3-6-17-13(12)18-10-19-14/h3,6,10-11,16H,2,4-5,7-9H2,1H3,(H,17,18,19)/t11-,15+/m0/s1. The number of anilines is 1. The summed E-state index contributed by atoms with van der Waals surface area (Å²) < 4.78 is 0. The van der Waals surface area contributed by atoms with E-state index in [2.05, 4.69) is 38.2 Å². The molecule has 0 aliphatic carbocycles. The molecule has 0 amide bonds. The molecule has 4 heterocycles. The van der Waals surface area contributed by atoms with Crippen LogP contribution in [0.3, 0.4) is 0 Å². The lowest BCUT2D eigenvalue weighted by Gasteiger charge is -2.49. The van der Waals surface area contributed by atoms with E-state index in [0.29, 0.717) is 5.41 Å². The van der Waals surface area contributed by atoms with Gasteiger partial charge in [0.25, 0.3) is 0 Å². The van der Waals surface area contributed by atoms with E-state index in [1.54, 1.807) is 6.33 Å². The van der Waals surface area contributed by atoms with E-state index in [1.165, 1.54) is 19.4 Å². The van der Waals surface area contributed by atoms with Gasteiger partial charge >= 0.3 is 0 Å². The molecule has 2 aliphatic rings. The van der Waals surface area contributed by atoms with Crippen molar-refractivity contribution in [2.45, 2.75) is 19.8 Å². The number of nitrogens with zero attached hydrogens (tertiary/aromatic N) is 3. The van der Waals surface area contributed by atoms with Crippen LogP contribution in [0.15, 0.2) is 18.6 Å². The maximum absolute atomic E-state index is 4.55. The number of rotatable bonds is 1. The second-order valence-corrected chi connectivity index (χ2v) is 6.46. The summed E-state index contributed by atoms with van der Waals surface area (Å²) in [6, 6.07) is 2.08. The number of aromatic amines is 1. The molecule has 4 rings (SSSR count). The molecule has 2 saturated heterocycles. The summed E-state index contributed by atoms with van der Waals surface area (Å²) in [5, 5.41) is 4.70. The summed E-state index contributed by atoms with van der Waals surface area (Å²) in [7, 11) is 0. The van der Waals surface area contributed by atoms with Crippen LogP contribution in [-0.4, -0.2) is 41.1 Å². The Hall–Kier alpha value is -1.62. The predicted molar refractivity (Wildman–Crippen MR) is 79.8 cm³/mol. The maximum atomic E-state index is 4.55. The second-order valence-electron chi connectivity index (χ2n) is 6.46. The lowest BCUT2D eigenvalue weighted by Crippen LogP contribution is -2.55. The van der Waals surface area contributed by atoms with Crippen LogP contribution in [0.1, 0.15) is 19.8 Å². The average Bonchev–Trinajstić information content (AvgIpc) is 2.94. The van der Waals surface area contributed by atoms with Crippen LogP contribution < -0.4 is 10.2 Å². The van der Waals surface area contributed by atoms with E-state index in [4.69, 9.17) is 0 Å². The van der Waals surface area contributed by atoms with Gasteiger partial charge in [0.15, 0.2) is 0 Å². The number of hydrogen-bond donors (Lipinski definition) is 2. The van der Waals surface area contributed by atoms with Crippen LogP contribution in [0.5, 0.6) is 0 Å². The molecule has 0 aromatic carbocycles. The monoisotopic (exact) mass is 271 g/mol. The number of piperidine rings is 2. The zero-order valence-corrected chi connectivity index (χ0v) is 11.9. The Morgan fingerprint density at radius 2 is 2.30 bits per heavy atom. The van der Waals surface area contributed by atoms with Gasteiger partial charge < -0.3 is 15.2 Å². The Labute approximate surface area is 118 Å². The highest BCUT2D eigenvalue weighted by atomic mass is 15.2. The third kappa shape index (κ3) is 1.80. The number of nitrogens with one attached hydrogen (secondary N) is 2. The molecule has 20 heavy (non-hydrogen) atoms. The van der Waals surface area contributed by atoms with Crippen LogP contribution in [-0.2, 0) is 0 Å². The molecule has 2 aliphatic heterocycles. The third-order valence-electron chi connectivity index (χ3n) is 5.12. The van der Waals surface area contributed by atoms with E-state index in [-0.39, 0.29) is 0 Å². The number of aromatic nitrogens is 3. The van der Waals surface area contributed by atoms with Crippen LogP contribution in [0.4, 0.5) is 5.82 Å². The molecule has 2 aromatic heterocycles. The van der Waals surface area contributed by atoms with Gasteiger partial charge in [0.1, 0.15) is 17.8 Å². The third-order valence-corrected chi connectivity index (χ3v) is 5.12. The van der Waals surface area contributed by atoms with Gasteiger partial charge in [0.05, 0.1) is 5.39 Å². The molecule has 2 N–H and O–H groups in total. The molecule has 5 nitrogen and oxygen atoms in total. The van der Waals surface area contributed by atoms with Crippen molar-refractivity contribution in [2.75, 3.05) is 31.1 Å². The van der Waals surface area contributed by atoms with Gasteiger partial charge in [-0.15, -0.1) is 0 Å². The Morgan fingerprint density at radius 1 is 1.35 bits per heavy atom. The number of fused-ring (bicyclic) bond motifs is 2. The van der Waals surface area contributed by atoms with Crippen molar-refractivity contribution < 1.29 is 0 Å². The Kier molecular flexibility index (Phi) is 2.70. The minimum atomic E-state index is 0.365. The largest absolute Gasteiger partial charge is 0.355 e. The SMILES string of the molecule is C[C@]12CNCC[C@H]1CCN(c1ncnc3[nH]ccc13)C2. The molecule has 2 atom stereocenters. The van der Waals surface area contributed by atoms with Gasteiger partial charge in [0, 0.05) is 31.2 Å². The van der Waals surface area contributed by atoms with E-state index in [1.807, 2.05) is 6.20 Å². The van der Waals surface area contributed by atoms with Crippen molar-refractivity contribution in [1.82, 2.24) is 20.3 Å². The minimum Gasteiger partial charge on any atom is -0.355 e. The first-order chi connectivity index (χ1) is 9.76. The van der Waals surface area contributed by atoms with Gasteiger partial charge in [-0.3, -0.25) is 0 Å². The van der Waals surface area contributed by atoms with Gasteiger partial charge in [-0.2, -0.15) is 0 Å². The Balaban J connectivity index is 1.68. The zero-order chi connectivity index (χ0) is 13.6. The summed E-state index contributed by atoms with van der Waals surface area (Å²) in [5.41, 5.74) is 1.30. The van der Waals surface area contributed by atoms with Crippen molar-refractivity contribution in [3.63, 3.8) is 0 Å². The van der Waals surface area contributed by atoms with Gasteiger partial charge in [-0.05, 0) is 31.4 Å². The highest BCUT2D eigenvalue weighted by molar-refractivity contribution is 5.87. The van der Waals surface area contributed by atoms with Crippen molar-refractivity contribution in [1.29, 1.82) is 0 Å². The molecule has 106 valence electrons. The molecule has 0 bridgehead atoms. The Bertz CT molecular complexity index is 622. The van der Waals surface area contributed by atoms with Gasteiger partial charge in [0.2, 0.25) is 0 Å². The van der Waals surface area contributed by atoms with Crippen LogP contribution in [0.2, 0.25) is 0 Å². The molecule has 2 fully saturated rings. The van der Waals surface area contributed by atoms with Crippen LogP contribution in [0.25, 0.3) is 11.0 Å². The molecular formula is C15H21N5. The number of H-pyrrole nitrogens is 1. The molecule has 0 unspecified atom stereocenters. The molecule has 2 aromatic rings. The fraction of sp³-hybridized carbons (Fsp3) is 0.600. The fourth-order valence-electron chi connectivity index (χ4n) is 3.94. The van der Waals surface area contributed by atoms with E-state index >= 15 is 0 Å². The lowest BCUT2D eigenvalue weighted by molar-refractivity contribution is 0.109. The summed E-state index contributed by atoms with van der Waals surface area (Å²) in [5.74, 6) is 1.94. The van der Waals surface area contributed by atoms with Gasteiger partial charge in [-0.1, -0.05) is 6.92 Å². The van der Waals surface area contributed by atoms with E-state index < -0.39 is 0 Å². The zero-order valence-electron chi connectivity index (χ0n) is 11.9.